The summed E-state index contributed by atoms with van der Waals surface area (Å²) in [7, 11) is 0. The van der Waals surface area contributed by atoms with E-state index in [2.05, 4.69) is 11.4 Å². The summed E-state index contributed by atoms with van der Waals surface area (Å²) in [5, 5.41) is 3.25. The molecule has 2 aromatic carbocycles. The molecular weight excluding hydrogens is 338 g/mol. The Morgan fingerprint density at radius 3 is 2.48 bits per heavy atom. The van der Waals surface area contributed by atoms with Crippen LogP contribution in [0.3, 0.4) is 0 Å². The second kappa shape index (κ2) is 7.57. The number of nitrogens with two attached hydrogens (primary N) is 1. The van der Waals surface area contributed by atoms with E-state index in [0.717, 1.165) is 12.0 Å². The Bertz CT molecular complexity index is 776. The summed E-state index contributed by atoms with van der Waals surface area (Å²) in [5.41, 5.74) is 8.54. The summed E-state index contributed by atoms with van der Waals surface area (Å²) in [6.07, 6.45) is 1.00. The molecule has 1 atom stereocenters. The van der Waals surface area contributed by atoms with Crippen LogP contribution in [0.25, 0.3) is 0 Å². The van der Waals surface area contributed by atoms with Crippen LogP contribution in [0.5, 0.6) is 0 Å². The Morgan fingerprint density at radius 1 is 1.12 bits per heavy atom. The van der Waals surface area contributed by atoms with E-state index in [4.69, 9.17) is 17.3 Å². The van der Waals surface area contributed by atoms with Gasteiger partial charge in [-0.1, -0.05) is 48.0 Å². The van der Waals surface area contributed by atoms with Gasteiger partial charge < -0.3 is 16.0 Å². The fraction of sp³-hybridized carbons (Fsp3) is 0.263. The molecule has 0 fully saturated rings. The molecule has 25 heavy (non-hydrogen) atoms. The van der Waals surface area contributed by atoms with Crippen molar-refractivity contribution in [1.82, 2.24) is 10.2 Å². The second-order valence-electron chi connectivity index (χ2n) is 6.15. The molecule has 1 unspecified atom stereocenters. The molecular formula is C19H20ClN3O2. The zero-order valence-electron chi connectivity index (χ0n) is 13.7. The largest absolute Gasteiger partial charge is 0.352 e. The highest BCUT2D eigenvalue weighted by Gasteiger charge is 2.24. The van der Waals surface area contributed by atoms with Crippen LogP contribution in [-0.4, -0.2) is 23.4 Å². The van der Waals surface area contributed by atoms with Gasteiger partial charge in [0.1, 0.15) is 0 Å². The summed E-state index contributed by atoms with van der Waals surface area (Å²) in [5.74, 6) is -0.0109. The van der Waals surface area contributed by atoms with Crippen LogP contribution in [0.1, 0.15) is 29.2 Å². The van der Waals surface area contributed by atoms with Gasteiger partial charge in [-0.15, -0.1) is 0 Å². The van der Waals surface area contributed by atoms with Crippen molar-refractivity contribution in [3.63, 3.8) is 0 Å². The Kier molecular flexibility index (Phi) is 5.24. The van der Waals surface area contributed by atoms with E-state index in [1.165, 1.54) is 11.1 Å². The SMILES string of the molecule is NC(=O)NC(CC(=O)N1CCc2ccccc2C1)c1ccc(Cl)cc1. The summed E-state index contributed by atoms with van der Waals surface area (Å²) >= 11 is 5.91. The van der Waals surface area contributed by atoms with Gasteiger partial charge in [0.25, 0.3) is 0 Å². The normalized spacial score (nSPS) is 14.5. The molecule has 2 aromatic rings. The van der Waals surface area contributed by atoms with E-state index >= 15 is 0 Å². The highest BCUT2D eigenvalue weighted by Crippen LogP contribution is 2.23. The van der Waals surface area contributed by atoms with E-state index in [0.29, 0.717) is 18.1 Å². The molecule has 130 valence electrons. The fourth-order valence-corrected chi connectivity index (χ4v) is 3.26. The van der Waals surface area contributed by atoms with Gasteiger partial charge in [0.05, 0.1) is 12.5 Å². The molecule has 3 amide bonds. The van der Waals surface area contributed by atoms with Gasteiger partial charge in [0.15, 0.2) is 0 Å². The Labute approximate surface area is 151 Å². The summed E-state index contributed by atoms with van der Waals surface area (Å²) in [6.45, 7) is 1.28. The first-order valence-corrected chi connectivity index (χ1v) is 8.56. The van der Waals surface area contributed by atoms with Crippen molar-refractivity contribution in [3.05, 3.63) is 70.2 Å². The van der Waals surface area contributed by atoms with Gasteiger partial charge in [-0.25, -0.2) is 4.79 Å². The molecule has 0 spiro atoms. The highest BCUT2D eigenvalue weighted by molar-refractivity contribution is 6.30. The first kappa shape index (κ1) is 17.3. The van der Waals surface area contributed by atoms with E-state index in [1.807, 2.05) is 23.1 Å². The lowest BCUT2D eigenvalue weighted by molar-refractivity contribution is -0.132. The number of rotatable bonds is 4. The number of hydrogen-bond acceptors (Lipinski definition) is 2. The lowest BCUT2D eigenvalue weighted by Crippen LogP contribution is -2.40. The average molecular weight is 358 g/mol. The third-order valence-electron chi connectivity index (χ3n) is 4.45. The van der Waals surface area contributed by atoms with Crippen molar-refractivity contribution in [2.75, 3.05) is 6.54 Å². The molecule has 0 bridgehead atoms. The molecule has 6 heteroatoms. The zero-order chi connectivity index (χ0) is 17.8. The van der Waals surface area contributed by atoms with E-state index in [-0.39, 0.29) is 12.3 Å². The molecule has 0 aromatic heterocycles. The number of urea groups is 1. The van der Waals surface area contributed by atoms with Crippen LogP contribution in [-0.2, 0) is 17.8 Å². The number of carbonyl (C=O) groups excluding carboxylic acids is 2. The third-order valence-corrected chi connectivity index (χ3v) is 4.70. The molecule has 0 radical (unpaired) electrons. The second-order valence-corrected chi connectivity index (χ2v) is 6.59. The lowest BCUT2D eigenvalue weighted by Gasteiger charge is -2.30. The van der Waals surface area contributed by atoms with Crippen LogP contribution in [0.4, 0.5) is 4.79 Å². The van der Waals surface area contributed by atoms with Crippen molar-refractivity contribution < 1.29 is 9.59 Å². The van der Waals surface area contributed by atoms with Crippen LogP contribution in [0.2, 0.25) is 5.02 Å². The number of primary amides is 1. The minimum atomic E-state index is -0.656. The number of amides is 3. The molecule has 1 heterocycles. The molecule has 5 nitrogen and oxygen atoms in total. The average Bonchev–Trinajstić information content (AvgIpc) is 2.61. The molecule has 3 rings (SSSR count). The maximum absolute atomic E-state index is 12.7. The monoisotopic (exact) mass is 357 g/mol. The van der Waals surface area contributed by atoms with Crippen LogP contribution in [0.15, 0.2) is 48.5 Å². The number of carbonyl (C=O) groups is 2. The number of fused-ring (bicyclic) bond motifs is 1. The molecule has 1 aliphatic heterocycles. The molecule has 1 aliphatic rings. The topological polar surface area (TPSA) is 75.4 Å². The third kappa shape index (κ3) is 4.31. The smallest absolute Gasteiger partial charge is 0.312 e. The molecule has 0 saturated carbocycles. The van der Waals surface area contributed by atoms with Crippen LogP contribution >= 0.6 is 11.6 Å². The van der Waals surface area contributed by atoms with E-state index in [1.54, 1.807) is 24.3 Å². The first-order valence-electron chi connectivity index (χ1n) is 8.19. The number of hydrogen-bond donors (Lipinski definition) is 2. The summed E-state index contributed by atoms with van der Waals surface area (Å²) < 4.78 is 0. The Morgan fingerprint density at radius 2 is 1.80 bits per heavy atom. The highest BCUT2D eigenvalue weighted by atomic mass is 35.5. The maximum atomic E-state index is 12.7. The van der Waals surface area contributed by atoms with Gasteiger partial charge >= 0.3 is 6.03 Å². The molecule has 0 saturated heterocycles. The van der Waals surface area contributed by atoms with Crippen LogP contribution in [0, 0.1) is 0 Å². The van der Waals surface area contributed by atoms with Crippen molar-refractivity contribution in [1.29, 1.82) is 0 Å². The van der Waals surface area contributed by atoms with Crippen molar-refractivity contribution >= 4 is 23.5 Å². The van der Waals surface area contributed by atoms with Gasteiger partial charge in [-0.05, 0) is 35.2 Å². The van der Waals surface area contributed by atoms with Crippen molar-refractivity contribution in [2.45, 2.75) is 25.4 Å². The summed E-state index contributed by atoms with van der Waals surface area (Å²) in [6, 6.07) is 14.1. The minimum absolute atomic E-state index is 0.0109. The van der Waals surface area contributed by atoms with Gasteiger partial charge in [-0.2, -0.15) is 0 Å². The van der Waals surface area contributed by atoms with Crippen molar-refractivity contribution in [2.24, 2.45) is 5.73 Å². The number of halogens is 1. The summed E-state index contributed by atoms with van der Waals surface area (Å²) in [4.78, 5) is 25.9. The predicted octanol–water partition coefficient (Wildman–Crippen LogP) is 3.02. The van der Waals surface area contributed by atoms with E-state index in [9.17, 15) is 9.59 Å². The number of nitrogens with one attached hydrogen (secondary N) is 1. The first-order chi connectivity index (χ1) is 12.0. The van der Waals surface area contributed by atoms with Crippen molar-refractivity contribution in [3.8, 4) is 0 Å². The predicted molar refractivity (Wildman–Crippen MR) is 97.1 cm³/mol. The van der Waals surface area contributed by atoms with Gasteiger partial charge in [0, 0.05) is 18.1 Å². The lowest BCUT2D eigenvalue weighted by atomic mass is 9.98. The standard InChI is InChI=1S/C19H20ClN3O2/c20-16-7-5-14(6-8-16)17(22-19(21)25)11-18(24)23-10-9-13-3-1-2-4-15(13)12-23/h1-8,17H,9-12H2,(H3,21,22,25). The Balaban J connectivity index is 1.72. The van der Waals surface area contributed by atoms with Gasteiger partial charge in [0.2, 0.25) is 5.91 Å². The van der Waals surface area contributed by atoms with Crippen LogP contribution < -0.4 is 11.1 Å². The minimum Gasteiger partial charge on any atom is -0.352 e. The number of nitrogens with zero attached hydrogens (tertiary/aromatic N) is 1. The van der Waals surface area contributed by atoms with E-state index < -0.39 is 12.1 Å². The van der Waals surface area contributed by atoms with Gasteiger partial charge in [-0.3, -0.25) is 4.79 Å². The molecule has 0 aliphatic carbocycles. The number of benzene rings is 2. The molecule has 3 N–H and O–H groups in total. The fourth-order valence-electron chi connectivity index (χ4n) is 3.13. The quantitative estimate of drug-likeness (QED) is 0.882. The Hall–Kier alpha value is -2.53. The zero-order valence-corrected chi connectivity index (χ0v) is 14.5. The maximum Gasteiger partial charge on any atom is 0.312 e.